The summed E-state index contributed by atoms with van der Waals surface area (Å²) < 4.78 is 7.01. The minimum Gasteiger partial charge on any atom is -0.380 e. The molecule has 4 aromatic rings. The quantitative estimate of drug-likeness (QED) is 0.521. The number of amides is 1. The van der Waals surface area contributed by atoms with Crippen molar-refractivity contribution in [3.05, 3.63) is 66.6 Å². The number of nitrogens with zero attached hydrogens (tertiary/aromatic N) is 2. The molecule has 0 bridgehead atoms. The van der Waals surface area contributed by atoms with E-state index in [0.717, 1.165) is 39.0 Å². The number of aromatic nitrogens is 3. The van der Waals surface area contributed by atoms with E-state index in [1.165, 1.54) is 0 Å². The summed E-state index contributed by atoms with van der Waals surface area (Å²) >= 11 is 0. The van der Waals surface area contributed by atoms with Crippen LogP contribution in [0, 0.1) is 0 Å². The van der Waals surface area contributed by atoms with Gasteiger partial charge in [0.1, 0.15) is 0 Å². The number of ether oxygens (including phenoxy) is 1. The van der Waals surface area contributed by atoms with Crippen LogP contribution in [-0.4, -0.2) is 27.8 Å². The van der Waals surface area contributed by atoms with Gasteiger partial charge in [-0.2, -0.15) is 5.10 Å². The number of benzene rings is 2. The highest BCUT2D eigenvalue weighted by atomic mass is 16.5. The molecule has 0 aliphatic heterocycles. The van der Waals surface area contributed by atoms with Crippen LogP contribution in [0.4, 0.5) is 5.69 Å². The van der Waals surface area contributed by atoms with E-state index in [-0.39, 0.29) is 5.91 Å². The van der Waals surface area contributed by atoms with Crippen molar-refractivity contribution in [1.82, 2.24) is 14.8 Å². The number of H-pyrrole nitrogens is 1. The van der Waals surface area contributed by atoms with Crippen LogP contribution in [0.25, 0.3) is 27.7 Å². The summed E-state index contributed by atoms with van der Waals surface area (Å²) in [6, 6.07) is 14.3. The van der Waals surface area contributed by atoms with E-state index >= 15 is 0 Å². The molecule has 6 heteroatoms. The largest absolute Gasteiger partial charge is 0.380 e. The van der Waals surface area contributed by atoms with Gasteiger partial charge in [-0.05, 0) is 35.4 Å². The third-order valence-electron chi connectivity index (χ3n) is 4.70. The molecule has 2 aromatic carbocycles. The number of anilines is 1. The average molecular weight is 374 g/mol. The fourth-order valence-electron chi connectivity index (χ4n) is 3.17. The lowest BCUT2D eigenvalue weighted by molar-refractivity contribution is -0.115. The first-order valence-corrected chi connectivity index (χ1v) is 9.22. The van der Waals surface area contributed by atoms with Crippen molar-refractivity contribution in [2.75, 3.05) is 12.4 Å². The van der Waals surface area contributed by atoms with E-state index in [4.69, 9.17) is 4.74 Å². The predicted octanol–water partition coefficient (Wildman–Crippen LogP) is 4.52. The summed E-state index contributed by atoms with van der Waals surface area (Å²) in [6.45, 7) is 2.43. The van der Waals surface area contributed by atoms with E-state index in [9.17, 15) is 4.79 Å². The molecule has 2 heterocycles. The van der Waals surface area contributed by atoms with Crippen molar-refractivity contribution in [1.29, 1.82) is 0 Å². The summed E-state index contributed by atoms with van der Waals surface area (Å²) in [7, 11) is 1.69. The number of rotatable bonds is 6. The number of nitrogens with one attached hydrogen (secondary N) is 2. The molecule has 6 nitrogen and oxygen atoms in total. The molecule has 0 aliphatic rings. The normalized spacial score (nSPS) is 11.1. The molecule has 0 spiro atoms. The SMILES string of the molecule is CCC(=O)Nc1c[nH]c2ccc(-c3cnn(-c4ccc(COC)cc4)c3)cc12. The van der Waals surface area contributed by atoms with Crippen molar-refractivity contribution in [3.63, 3.8) is 0 Å². The van der Waals surface area contributed by atoms with E-state index in [2.05, 4.69) is 21.5 Å². The molecule has 4 rings (SSSR count). The van der Waals surface area contributed by atoms with Gasteiger partial charge in [-0.3, -0.25) is 4.79 Å². The van der Waals surface area contributed by atoms with E-state index < -0.39 is 0 Å². The first kappa shape index (κ1) is 18.0. The van der Waals surface area contributed by atoms with Crippen molar-refractivity contribution < 1.29 is 9.53 Å². The maximum atomic E-state index is 11.8. The third-order valence-corrected chi connectivity index (χ3v) is 4.70. The Bertz CT molecular complexity index is 1110. The Morgan fingerprint density at radius 1 is 1.18 bits per heavy atom. The lowest BCUT2D eigenvalue weighted by Crippen LogP contribution is -2.08. The number of methoxy groups -OCH3 is 1. The van der Waals surface area contributed by atoms with Crippen molar-refractivity contribution in [2.45, 2.75) is 20.0 Å². The molecule has 1 amide bonds. The molecule has 0 saturated carbocycles. The van der Waals surface area contributed by atoms with Gasteiger partial charge < -0.3 is 15.0 Å². The van der Waals surface area contributed by atoms with E-state index in [1.807, 2.05) is 66.6 Å². The highest BCUT2D eigenvalue weighted by molar-refractivity contribution is 6.02. The Morgan fingerprint density at radius 2 is 2.00 bits per heavy atom. The van der Waals surface area contributed by atoms with Gasteiger partial charge in [-0.1, -0.05) is 25.1 Å². The van der Waals surface area contributed by atoms with Gasteiger partial charge in [0, 0.05) is 42.4 Å². The molecule has 0 radical (unpaired) electrons. The van der Waals surface area contributed by atoms with Crippen molar-refractivity contribution in [3.8, 4) is 16.8 Å². The number of hydrogen-bond donors (Lipinski definition) is 2. The van der Waals surface area contributed by atoms with Gasteiger partial charge in [-0.15, -0.1) is 0 Å². The smallest absolute Gasteiger partial charge is 0.224 e. The van der Waals surface area contributed by atoms with Crippen LogP contribution in [-0.2, 0) is 16.1 Å². The second kappa shape index (κ2) is 7.70. The maximum absolute atomic E-state index is 11.8. The van der Waals surface area contributed by atoms with Gasteiger partial charge in [0.15, 0.2) is 0 Å². The molecule has 142 valence electrons. The predicted molar refractivity (Wildman–Crippen MR) is 110 cm³/mol. The van der Waals surface area contributed by atoms with E-state index in [0.29, 0.717) is 13.0 Å². The van der Waals surface area contributed by atoms with Gasteiger partial charge in [0.2, 0.25) is 5.91 Å². The molecule has 0 aliphatic carbocycles. The molecule has 28 heavy (non-hydrogen) atoms. The van der Waals surface area contributed by atoms with Crippen molar-refractivity contribution in [2.24, 2.45) is 0 Å². The van der Waals surface area contributed by atoms with Gasteiger partial charge in [0.05, 0.1) is 24.2 Å². The summed E-state index contributed by atoms with van der Waals surface area (Å²) in [5, 5.41) is 8.42. The van der Waals surface area contributed by atoms with Crippen LogP contribution in [0.5, 0.6) is 0 Å². The molecule has 0 saturated heterocycles. The first-order chi connectivity index (χ1) is 13.7. The Hall–Kier alpha value is -3.38. The summed E-state index contributed by atoms with van der Waals surface area (Å²) in [4.78, 5) is 15.0. The lowest BCUT2D eigenvalue weighted by Gasteiger charge is -2.04. The van der Waals surface area contributed by atoms with Crippen LogP contribution in [0.3, 0.4) is 0 Å². The Kier molecular flexibility index (Phi) is 4.95. The van der Waals surface area contributed by atoms with Crippen LogP contribution in [0.1, 0.15) is 18.9 Å². The zero-order valence-corrected chi connectivity index (χ0v) is 15.9. The number of hydrogen-bond acceptors (Lipinski definition) is 3. The number of aromatic amines is 1. The number of carbonyl (C=O) groups excluding carboxylic acids is 1. The second-order valence-electron chi connectivity index (χ2n) is 6.64. The molecular weight excluding hydrogens is 352 g/mol. The highest BCUT2D eigenvalue weighted by Crippen LogP contribution is 2.29. The topological polar surface area (TPSA) is 71.9 Å². The summed E-state index contributed by atoms with van der Waals surface area (Å²) in [6.07, 6.45) is 6.12. The molecule has 0 unspecified atom stereocenters. The van der Waals surface area contributed by atoms with E-state index in [1.54, 1.807) is 7.11 Å². The minimum atomic E-state index is -0.00366. The van der Waals surface area contributed by atoms with Gasteiger partial charge in [0.25, 0.3) is 0 Å². The summed E-state index contributed by atoms with van der Waals surface area (Å²) in [5.74, 6) is -0.00366. The molecule has 0 fully saturated rings. The monoisotopic (exact) mass is 374 g/mol. The minimum absolute atomic E-state index is 0.00366. The Labute approximate surface area is 163 Å². The summed E-state index contributed by atoms with van der Waals surface area (Å²) in [5.41, 5.74) is 5.95. The third kappa shape index (κ3) is 3.54. The van der Waals surface area contributed by atoms with Crippen LogP contribution < -0.4 is 5.32 Å². The number of carbonyl (C=O) groups is 1. The molecule has 2 aromatic heterocycles. The number of fused-ring (bicyclic) bond motifs is 1. The zero-order chi connectivity index (χ0) is 19.5. The molecule has 0 atom stereocenters. The lowest BCUT2D eigenvalue weighted by atomic mass is 10.1. The van der Waals surface area contributed by atoms with Gasteiger partial charge >= 0.3 is 0 Å². The fraction of sp³-hybridized carbons (Fsp3) is 0.182. The Morgan fingerprint density at radius 3 is 2.75 bits per heavy atom. The Balaban J connectivity index is 1.63. The average Bonchev–Trinajstić information content (AvgIpc) is 3.36. The van der Waals surface area contributed by atoms with Crippen LogP contribution >= 0.6 is 0 Å². The maximum Gasteiger partial charge on any atom is 0.224 e. The highest BCUT2D eigenvalue weighted by Gasteiger charge is 2.10. The molecular formula is C22H22N4O2. The van der Waals surface area contributed by atoms with Gasteiger partial charge in [-0.25, -0.2) is 4.68 Å². The van der Waals surface area contributed by atoms with Crippen LogP contribution in [0.2, 0.25) is 0 Å². The first-order valence-electron chi connectivity index (χ1n) is 9.22. The second-order valence-corrected chi connectivity index (χ2v) is 6.64. The fourth-order valence-corrected chi connectivity index (χ4v) is 3.17. The zero-order valence-electron chi connectivity index (χ0n) is 15.9. The van der Waals surface area contributed by atoms with Crippen LogP contribution in [0.15, 0.2) is 61.1 Å². The van der Waals surface area contributed by atoms with Crippen molar-refractivity contribution >= 4 is 22.5 Å². The molecule has 2 N–H and O–H groups in total. The standard InChI is InChI=1S/C22H22N4O2/c1-3-22(27)25-21-12-23-20-9-6-16(10-19(20)21)17-11-24-26(13-17)18-7-4-15(5-8-18)14-28-2/h4-13,23H,3,14H2,1-2H3,(H,25,27).